The van der Waals surface area contributed by atoms with Crippen molar-refractivity contribution in [3.63, 3.8) is 0 Å². The number of aromatic nitrogens is 10. The predicted molar refractivity (Wildman–Crippen MR) is 172 cm³/mol. The van der Waals surface area contributed by atoms with Gasteiger partial charge in [0.25, 0.3) is 0 Å². The van der Waals surface area contributed by atoms with Gasteiger partial charge in [-0.25, -0.2) is 19.9 Å². The van der Waals surface area contributed by atoms with Crippen LogP contribution < -0.4 is 5.32 Å². The molecule has 13 heteroatoms. The maximum absolute atomic E-state index is 8.71. The van der Waals surface area contributed by atoms with Crippen molar-refractivity contribution >= 4 is 5.69 Å². The van der Waals surface area contributed by atoms with Crippen molar-refractivity contribution < 1.29 is 24.9 Å². The Hall–Kier alpha value is -4.46. The molecule has 0 spiro atoms. The molecule has 45 heavy (non-hydrogen) atoms. The summed E-state index contributed by atoms with van der Waals surface area (Å²) in [5, 5.41) is 12.1. The first kappa shape index (κ1) is 35.0. The van der Waals surface area contributed by atoms with Crippen LogP contribution in [0.1, 0.15) is 25.7 Å². The molecule has 6 rings (SSSR count). The summed E-state index contributed by atoms with van der Waals surface area (Å²) in [4.78, 5) is 25.4. The zero-order valence-electron chi connectivity index (χ0n) is 26.2. The van der Waals surface area contributed by atoms with Crippen LogP contribution in [0.2, 0.25) is 0 Å². The van der Waals surface area contributed by atoms with Crippen LogP contribution in [0.5, 0.6) is 0 Å². The fraction of sp³-hybridized carbons (Fsp3) is 0.312. The molecule has 0 radical (unpaired) electrons. The van der Waals surface area contributed by atoms with Crippen molar-refractivity contribution in [1.82, 2.24) is 48.2 Å². The minimum atomic E-state index is 0. The molecular weight excluding hydrogens is 745 g/mol. The largest absolute Gasteiger partial charge is 0.396 e. The monoisotopic (exact) mass is 787 g/mol. The van der Waals surface area contributed by atoms with Crippen LogP contribution in [0.4, 0.5) is 5.69 Å². The first-order chi connectivity index (χ1) is 21.5. The standard InChI is InChI=1S/C16H21N3O.2C8H10N4.Os/c20-12-6-2-1-4-9-17-14-8-11-19-16(13-14)15-7-3-5-10-18-15;2*1-11-5-3-9-7(11)8-10-4-6-12(8)2;/h3,5,7-8,10-11,13,20H,1-2,4,6,9,12H2,(H,17,19);2*3-6H,1-2H3;. The third-order valence-corrected chi connectivity index (χ3v) is 6.79. The van der Waals surface area contributed by atoms with Crippen molar-refractivity contribution in [3.05, 3.63) is 92.3 Å². The van der Waals surface area contributed by atoms with E-state index in [-0.39, 0.29) is 19.8 Å². The summed E-state index contributed by atoms with van der Waals surface area (Å²) in [7, 11) is 7.82. The number of aliphatic hydroxyl groups excluding tert-OH is 1. The van der Waals surface area contributed by atoms with E-state index in [9.17, 15) is 0 Å². The number of imidazole rings is 4. The van der Waals surface area contributed by atoms with Crippen LogP contribution in [0.25, 0.3) is 34.7 Å². The van der Waals surface area contributed by atoms with Crippen LogP contribution >= 0.6 is 0 Å². The van der Waals surface area contributed by atoms with Crippen LogP contribution in [0.15, 0.2) is 92.3 Å². The second kappa shape index (κ2) is 18.4. The predicted octanol–water partition coefficient (Wildman–Crippen LogP) is 4.75. The van der Waals surface area contributed by atoms with Crippen molar-refractivity contribution in [2.45, 2.75) is 25.7 Å². The van der Waals surface area contributed by atoms with Crippen LogP contribution in [0, 0.1) is 0 Å². The van der Waals surface area contributed by atoms with E-state index in [4.69, 9.17) is 5.11 Å². The Morgan fingerprint density at radius 3 is 1.47 bits per heavy atom. The van der Waals surface area contributed by atoms with E-state index in [2.05, 4.69) is 35.2 Å². The zero-order valence-corrected chi connectivity index (χ0v) is 28.7. The number of nitrogens with one attached hydrogen (secondary N) is 1. The number of pyridine rings is 2. The van der Waals surface area contributed by atoms with Crippen LogP contribution in [-0.2, 0) is 48.0 Å². The van der Waals surface area contributed by atoms with Gasteiger partial charge < -0.3 is 28.7 Å². The fourth-order valence-corrected chi connectivity index (χ4v) is 4.34. The quantitative estimate of drug-likeness (QED) is 0.191. The maximum atomic E-state index is 8.71. The third-order valence-electron chi connectivity index (χ3n) is 6.79. The molecule has 238 valence electrons. The number of unbranched alkanes of at least 4 members (excludes halogenated alkanes) is 3. The molecule has 12 nitrogen and oxygen atoms in total. The molecule has 0 aliphatic heterocycles. The number of nitrogens with zero attached hydrogens (tertiary/aromatic N) is 10. The molecule has 0 unspecified atom stereocenters. The Labute approximate surface area is 277 Å². The summed E-state index contributed by atoms with van der Waals surface area (Å²) >= 11 is 0. The van der Waals surface area contributed by atoms with Gasteiger partial charge >= 0.3 is 0 Å². The molecule has 0 saturated carbocycles. The molecular formula is C32H41N11OOs. The number of hydrogen-bond donors (Lipinski definition) is 2. The van der Waals surface area contributed by atoms with Crippen molar-refractivity contribution in [1.29, 1.82) is 0 Å². The SMILES string of the molecule is Cn1ccnc1-c1nccn1C.Cn1ccnc1-c1nccn1C.OCCCCCCNc1ccnc(-c2ccccn2)c1.[Os]. The van der Waals surface area contributed by atoms with E-state index in [1.165, 1.54) is 0 Å². The van der Waals surface area contributed by atoms with E-state index in [0.29, 0.717) is 6.61 Å². The molecule has 6 aromatic rings. The Morgan fingerprint density at radius 2 is 1.04 bits per heavy atom. The van der Waals surface area contributed by atoms with E-state index >= 15 is 0 Å². The van der Waals surface area contributed by atoms with Gasteiger partial charge in [0.15, 0.2) is 23.3 Å². The fourth-order valence-electron chi connectivity index (χ4n) is 4.34. The van der Waals surface area contributed by atoms with Gasteiger partial charge in [0.2, 0.25) is 0 Å². The van der Waals surface area contributed by atoms with E-state index < -0.39 is 0 Å². The summed E-state index contributed by atoms with van der Waals surface area (Å²) in [6.07, 6.45) is 22.5. The number of aryl methyl sites for hydroxylation is 4. The van der Waals surface area contributed by atoms with Crippen LogP contribution in [0.3, 0.4) is 0 Å². The van der Waals surface area contributed by atoms with E-state index in [0.717, 1.165) is 72.6 Å². The molecule has 0 fully saturated rings. The van der Waals surface area contributed by atoms with Crippen molar-refractivity contribution in [2.24, 2.45) is 28.2 Å². The Morgan fingerprint density at radius 1 is 0.556 bits per heavy atom. The molecule has 0 atom stereocenters. The van der Waals surface area contributed by atoms with E-state index in [1.54, 1.807) is 37.2 Å². The van der Waals surface area contributed by atoms with Gasteiger partial charge in [0.05, 0.1) is 11.4 Å². The first-order valence-electron chi connectivity index (χ1n) is 14.6. The number of aliphatic hydroxyl groups is 1. The second-order valence-electron chi connectivity index (χ2n) is 10.2. The summed E-state index contributed by atoms with van der Waals surface area (Å²) in [5.41, 5.74) is 2.85. The molecule has 0 amide bonds. The van der Waals surface area contributed by atoms with Gasteiger partial charge in [-0.05, 0) is 37.1 Å². The number of rotatable bonds is 10. The smallest absolute Gasteiger partial charge is 0.176 e. The van der Waals surface area contributed by atoms with Gasteiger partial charge in [-0.3, -0.25) is 9.97 Å². The molecule has 0 aliphatic carbocycles. The topological polar surface area (TPSA) is 129 Å². The van der Waals surface area contributed by atoms with E-state index in [1.807, 2.05) is 102 Å². The Kier molecular flexibility index (Phi) is 14.3. The molecule has 2 N–H and O–H groups in total. The molecule has 0 bridgehead atoms. The Bertz CT molecular complexity index is 1520. The van der Waals surface area contributed by atoms with Crippen molar-refractivity contribution in [2.75, 3.05) is 18.5 Å². The summed E-state index contributed by atoms with van der Waals surface area (Å²) in [6, 6.07) is 9.82. The zero-order chi connectivity index (χ0) is 31.1. The minimum absolute atomic E-state index is 0. The van der Waals surface area contributed by atoms with Crippen molar-refractivity contribution in [3.8, 4) is 34.7 Å². The van der Waals surface area contributed by atoms with Crippen LogP contribution in [-0.4, -0.2) is 66.4 Å². The average Bonchev–Trinajstić information content (AvgIpc) is 3.86. The maximum Gasteiger partial charge on any atom is 0.176 e. The van der Waals surface area contributed by atoms with Gasteiger partial charge in [-0.2, -0.15) is 0 Å². The minimum Gasteiger partial charge on any atom is -0.396 e. The molecule has 0 aromatic carbocycles. The second-order valence-corrected chi connectivity index (χ2v) is 10.2. The number of anilines is 1. The summed E-state index contributed by atoms with van der Waals surface area (Å²) < 4.78 is 7.79. The number of hydrogen-bond acceptors (Lipinski definition) is 8. The molecule has 0 saturated heterocycles. The molecule has 6 aromatic heterocycles. The van der Waals surface area contributed by atoms with Gasteiger partial charge in [-0.15, -0.1) is 0 Å². The third kappa shape index (κ3) is 10.3. The summed E-state index contributed by atoms with van der Waals surface area (Å²) in [5.74, 6) is 3.56. The molecule has 0 aliphatic rings. The van der Waals surface area contributed by atoms with Gasteiger partial charge in [-0.1, -0.05) is 18.9 Å². The molecule has 6 heterocycles. The van der Waals surface area contributed by atoms with Gasteiger partial charge in [0.1, 0.15) is 0 Å². The average molecular weight is 786 g/mol. The first-order valence-corrected chi connectivity index (χ1v) is 14.6. The van der Waals surface area contributed by atoms with Gasteiger partial charge in [0, 0.05) is 129 Å². The normalized spacial score (nSPS) is 10.2. The Balaban J connectivity index is 0.000000191. The summed E-state index contributed by atoms with van der Waals surface area (Å²) in [6.45, 7) is 1.24.